The van der Waals surface area contributed by atoms with Gasteiger partial charge >= 0.3 is 5.97 Å². The summed E-state index contributed by atoms with van der Waals surface area (Å²) in [6, 6.07) is 10.3. The van der Waals surface area contributed by atoms with Gasteiger partial charge in [-0.25, -0.2) is 13.7 Å². The maximum Gasteiger partial charge on any atom is 0.305 e. The van der Waals surface area contributed by atoms with E-state index in [1.54, 1.807) is 0 Å². The minimum atomic E-state index is -1.86. The van der Waals surface area contributed by atoms with Gasteiger partial charge < -0.3 is 20.1 Å². The number of halogens is 4. The Morgan fingerprint density at radius 3 is 2.27 bits per heavy atom. The summed E-state index contributed by atoms with van der Waals surface area (Å²) in [5.41, 5.74) is 0.773. The molecule has 9 nitrogen and oxygen atoms in total. The first-order chi connectivity index (χ1) is 21.5. The molecule has 0 heterocycles. The quantitative estimate of drug-likeness (QED) is 0.0998. The minimum Gasteiger partial charge on any atom is -0.484 e. The first-order valence-electron chi connectivity index (χ1n) is 14.6. The number of benzene rings is 3. The molecule has 3 aromatic carbocycles. The van der Waals surface area contributed by atoms with Crippen molar-refractivity contribution in [3.8, 4) is 5.75 Å². The Balaban J connectivity index is 1.55. The van der Waals surface area contributed by atoms with Crippen molar-refractivity contribution in [1.29, 1.82) is 0 Å². The van der Waals surface area contributed by atoms with E-state index in [-0.39, 0.29) is 24.4 Å². The number of hydrogen-bond donors (Lipinski definition) is 3. The standard InChI is InChI=1S/C32H34F4N2O7/c1-18(38(21-11-3-2-4-12-21)27(39)14-20-10-7-9-19-8-5-6-13-22(19)20)32(42)37-25(16-28(40)41)26(45-43)17-44-31-29(35)23(33)15-24(34)30(31)36/h5-10,13,15,18,21,25-26,43H,2-4,11-12,14,16-17H2,1H3,(H,37,42)(H,40,41)/t18-,25?,26?/m0/s1. The fourth-order valence-electron chi connectivity index (χ4n) is 5.75. The molecule has 1 aliphatic rings. The van der Waals surface area contributed by atoms with Gasteiger partial charge in [-0.2, -0.15) is 8.78 Å². The van der Waals surface area contributed by atoms with Crippen molar-refractivity contribution >= 4 is 28.6 Å². The molecule has 1 aliphatic carbocycles. The molecule has 242 valence electrons. The molecule has 2 amide bonds. The van der Waals surface area contributed by atoms with Gasteiger partial charge in [0.15, 0.2) is 17.4 Å². The van der Waals surface area contributed by atoms with Crippen LogP contribution in [0.5, 0.6) is 5.75 Å². The van der Waals surface area contributed by atoms with Crippen molar-refractivity contribution < 1.29 is 51.9 Å². The van der Waals surface area contributed by atoms with Crippen LogP contribution in [0.1, 0.15) is 51.0 Å². The highest BCUT2D eigenvalue weighted by Crippen LogP contribution is 2.28. The van der Waals surface area contributed by atoms with E-state index < -0.39 is 72.1 Å². The van der Waals surface area contributed by atoms with E-state index in [0.717, 1.165) is 35.6 Å². The van der Waals surface area contributed by atoms with Crippen LogP contribution in [0.15, 0.2) is 48.5 Å². The van der Waals surface area contributed by atoms with E-state index in [1.807, 2.05) is 42.5 Å². The van der Waals surface area contributed by atoms with Gasteiger partial charge in [0.2, 0.25) is 23.4 Å². The van der Waals surface area contributed by atoms with Gasteiger partial charge in [0.25, 0.3) is 0 Å². The van der Waals surface area contributed by atoms with E-state index in [2.05, 4.69) is 10.2 Å². The Bertz CT molecular complexity index is 1500. The topological polar surface area (TPSA) is 125 Å². The number of amides is 2. The summed E-state index contributed by atoms with van der Waals surface area (Å²) < 4.78 is 60.3. The number of nitrogens with one attached hydrogen (secondary N) is 1. The number of hydrogen-bond acceptors (Lipinski definition) is 6. The number of ether oxygens (including phenoxy) is 1. The van der Waals surface area contributed by atoms with Crippen LogP contribution in [-0.2, 0) is 25.7 Å². The average molecular weight is 635 g/mol. The Labute approximate surface area is 256 Å². The second-order valence-electron chi connectivity index (χ2n) is 11.0. The molecule has 0 spiro atoms. The van der Waals surface area contributed by atoms with Crippen LogP contribution >= 0.6 is 0 Å². The number of aliphatic carboxylic acids is 1. The monoisotopic (exact) mass is 634 g/mol. The fraction of sp³-hybridized carbons (Fsp3) is 0.406. The fourth-order valence-corrected chi connectivity index (χ4v) is 5.75. The van der Waals surface area contributed by atoms with E-state index in [0.29, 0.717) is 12.8 Å². The molecule has 45 heavy (non-hydrogen) atoms. The highest BCUT2D eigenvalue weighted by molar-refractivity contribution is 5.93. The minimum absolute atomic E-state index is 0.00552. The lowest BCUT2D eigenvalue weighted by atomic mass is 9.92. The number of carboxylic acid groups (broad SMARTS) is 1. The zero-order valence-electron chi connectivity index (χ0n) is 24.5. The van der Waals surface area contributed by atoms with Gasteiger partial charge in [-0.05, 0) is 36.1 Å². The van der Waals surface area contributed by atoms with Crippen LogP contribution < -0.4 is 10.1 Å². The first-order valence-corrected chi connectivity index (χ1v) is 14.6. The van der Waals surface area contributed by atoms with Crippen molar-refractivity contribution in [1.82, 2.24) is 10.2 Å². The number of carboxylic acids is 1. The third-order valence-corrected chi connectivity index (χ3v) is 8.04. The third-order valence-electron chi connectivity index (χ3n) is 8.04. The maximum atomic E-state index is 14.1. The third kappa shape index (κ3) is 8.08. The highest BCUT2D eigenvalue weighted by Gasteiger charge is 2.36. The summed E-state index contributed by atoms with van der Waals surface area (Å²) in [6.45, 7) is 0.487. The van der Waals surface area contributed by atoms with E-state index in [1.165, 1.54) is 11.8 Å². The van der Waals surface area contributed by atoms with Crippen molar-refractivity contribution in [2.24, 2.45) is 0 Å². The van der Waals surface area contributed by atoms with Crippen LogP contribution in [0.4, 0.5) is 17.6 Å². The Morgan fingerprint density at radius 2 is 1.62 bits per heavy atom. The van der Waals surface area contributed by atoms with Gasteiger partial charge in [-0.1, -0.05) is 61.7 Å². The van der Waals surface area contributed by atoms with Crippen LogP contribution in [0.2, 0.25) is 0 Å². The molecule has 0 aliphatic heterocycles. The summed E-state index contributed by atoms with van der Waals surface area (Å²) in [5.74, 6) is -11.2. The number of fused-ring (bicyclic) bond motifs is 1. The maximum absolute atomic E-state index is 14.1. The second-order valence-corrected chi connectivity index (χ2v) is 11.0. The molecule has 1 fully saturated rings. The zero-order chi connectivity index (χ0) is 32.7. The summed E-state index contributed by atoms with van der Waals surface area (Å²) in [6.07, 6.45) is 1.42. The number of carbonyl (C=O) groups is 3. The lowest BCUT2D eigenvalue weighted by Crippen LogP contribution is -2.57. The van der Waals surface area contributed by atoms with Gasteiger partial charge in [0.05, 0.1) is 18.9 Å². The van der Waals surface area contributed by atoms with Crippen molar-refractivity contribution in [2.45, 2.75) is 76.1 Å². The largest absolute Gasteiger partial charge is 0.484 e. The van der Waals surface area contributed by atoms with Gasteiger partial charge in [-0.15, -0.1) is 0 Å². The van der Waals surface area contributed by atoms with Crippen LogP contribution in [0.25, 0.3) is 10.8 Å². The summed E-state index contributed by atoms with van der Waals surface area (Å²) in [4.78, 5) is 44.9. The van der Waals surface area contributed by atoms with Crippen molar-refractivity contribution in [3.63, 3.8) is 0 Å². The SMILES string of the molecule is C[C@@H](C(=O)NC(CC(=O)O)C(COc1c(F)c(F)cc(F)c1F)OO)N(C(=O)Cc1cccc2ccccc12)C1CCCCC1. The highest BCUT2D eigenvalue weighted by atomic mass is 19.2. The van der Waals surface area contributed by atoms with Gasteiger partial charge in [0, 0.05) is 12.1 Å². The molecule has 1 saturated carbocycles. The van der Waals surface area contributed by atoms with Crippen molar-refractivity contribution in [3.05, 3.63) is 77.4 Å². The first kappa shape index (κ1) is 33.7. The number of rotatable bonds is 13. The predicted molar refractivity (Wildman–Crippen MR) is 154 cm³/mol. The van der Waals surface area contributed by atoms with E-state index >= 15 is 0 Å². The molecule has 0 saturated heterocycles. The Morgan fingerprint density at radius 1 is 0.978 bits per heavy atom. The molecule has 3 atom stereocenters. The molecule has 0 radical (unpaired) electrons. The average Bonchev–Trinajstić information content (AvgIpc) is 3.02. The lowest BCUT2D eigenvalue weighted by Gasteiger charge is -2.39. The number of carbonyl (C=O) groups excluding carboxylic acids is 2. The summed E-state index contributed by atoms with van der Waals surface area (Å²) in [5, 5.41) is 23.3. The molecule has 0 bridgehead atoms. The molecule has 3 N–H and O–H groups in total. The molecule has 13 heteroatoms. The molecular formula is C32H34F4N2O7. The summed E-state index contributed by atoms with van der Waals surface area (Å²) in [7, 11) is 0. The molecular weight excluding hydrogens is 600 g/mol. The smallest absolute Gasteiger partial charge is 0.305 e. The predicted octanol–water partition coefficient (Wildman–Crippen LogP) is 5.39. The van der Waals surface area contributed by atoms with Crippen LogP contribution in [-0.4, -0.2) is 63.9 Å². The summed E-state index contributed by atoms with van der Waals surface area (Å²) >= 11 is 0. The lowest BCUT2D eigenvalue weighted by molar-refractivity contribution is -0.289. The zero-order valence-corrected chi connectivity index (χ0v) is 24.5. The second kappa shape index (κ2) is 15.2. The van der Waals surface area contributed by atoms with Crippen LogP contribution in [0.3, 0.4) is 0 Å². The molecule has 0 aromatic heterocycles. The Hall–Kier alpha value is -4.23. The van der Waals surface area contributed by atoms with Crippen molar-refractivity contribution in [2.75, 3.05) is 6.61 Å². The normalized spacial score (nSPS) is 15.7. The molecule has 4 rings (SSSR count). The van der Waals surface area contributed by atoms with Gasteiger partial charge in [-0.3, -0.25) is 19.6 Å². The van der Waals surface area contributed by atoms with E-state index in [9.17, 15) is 42.3 Å². The molecule has 2 unspecified atom stereocenters. The van der Waals surface area contributed by atoms with Crippen LogP contribution in [0, 0.1) is 23.3 Å². The Kier molecular flexibility index (Phi) is 11.3. The number of nitrogens with zero attached hydrogens (tertiary/aromatic N) is 1. The van der Waals surface area contributed by atoms with Gasteiger partial charge in [0.1, 0.15) is 18.8 Å². The molecule has 3 aromatic rings. The van der Waals surface area contributed by atoms with E-state index in [4.69, 9.17) is 4.74 Å².